The third-order valence-corrected chi connectivity index (χ3v) is 5.10. The van der Waals surface area contributed by atoms with Crippen molar-refractivity contribution in [2.24, 2.45) is 5.92 Å². The van der Waals surface area contributed by atoms with E-state index in [4.69, 9.17) is 4.98 Å². The first-order valence-corrected chi connectivity index (χ1v) is 8.13. The Labute approximate surface area is 115 Å². The summed E-state index contributed by atoms with van der Waals surface area (Å²) in [5, 5.41) is 4.92. The summed E-state index contributed by atoms with van der Waals surface area (Å²) in [6, 6.07) is 0.548. The second kappa shape index (κ2) is 6.16. The minimum absolute atomic E-state index is 0.548. The first-order chi connectivity index (χ1) is 8.60. The number of nitrogens with one attached hydrogen (secondary N) is 1. The summed E-state index contributed by atoms with van der Waals surface area (Å²) >= 11 is 1.95. The molecule has 1 saturated carbocycles. The lowest BCUT2D eigenvalue weighted by Gasteiger charge is -2.06. The van der Waals surface area contributed by atoms with E-state index in [2.05, 4.69) is 33.0 Å². The Kier molecular flexibility index (Phi) is 4.79. The molecule has 2 atom stereocenters. The number of aryl methyl sites for hydroxylation is 1. The molecule has 2 rings (SSSR count). The number of aromatic nitrogens is 1. The SMILES string of the molecule is CCc1nc(C2CCC(C)C2)sc1CNC(C)C. The molecular weight excluding hydrogens is 240 g/mol. The molecule has 2 nitrogen and oxygen atoms in total. The molecule has 1 aromatic heterocycles. The van der Waals surface area contributed by atoms with Crippen molar-refractivity contribution in [1.29, 1.82) is 0 Å². The van der Waals surface area contributed by atoms with Crippen LogP contribution in [-0.4, -0.2) is 11.0 Å². The highest BCUT2D eigenvalue weighted by Gasteiger charge is 2.26. The van der Waals surface area contributed by atoms with Crippen LogP contribution in [-0.2, 0) is 13.0 Å². The summed E-state index contributed by atoms with van der Waals surface area (Å²) in [5.41, 5.74) is 1.32. The molecule has 1 aromatic rings. The van der Waals surface area contributed by atoms with Crippen LogP contribution in [0.2, 0.25) is 0 Å². The van der Waals surface area contributed by atoms with Crippen LogP contribution in [0.3, 0.4) is 0 Å². The summed E-state index contributed by atoms with van der Waals surface area (Å²) in [4.78, 5) is 6.36. The van der Waals surface area contributed by atoms with Crippen LogP contribution in [0.25, 0.3) is 0 Å². The Balaban J connectivity index is 2.08. The molecule has 1 N–H and O–H groups in total. The van der Waals surface area contributed by atoms with Crippen molar-refractivity contribution in [3.63, 3.8) is 0 Å². The van der Waals surface area contributed by atoms with E-state index in [-0.39, 0.29) is 0 Å². The maximum atomic E-state index is 4.90. The number of nitrogens with zero attached hydrogens (tertiary/aromatic N) is 1. The van der Waals surface area contributed by atoms with Gasteiger partial charge in [0, 0.05) is 23.4 Å². The molecule has 0 aromatic carbocycles. The number of thiazole rings is 1. The third kappa shape index (κ3) is 3.33. The van der Waals surface area contributed by atoms with Crippen LogP contribution < -0.4 is 5.32 Å². The average molecular weight is 266 g/mol. The lowest BCUT2D eigenvalue weighted by molar-refractivity contribution is 0.590. The van der Waals surface area contributed by atoms with Crippen molar-refractivity contribution < 1.29 is 0 Å². The number of hydrogen-bond acceptors (Lipinski definition) is 3. The summed E-state index contributed by atoms with van der Waals surface area (Å²) in [7, 11) is 0. The van der Waals surface area contributed by atoms with Gasteiger partial charge in [-0.1, -0.05) is 34.1 Å². The molecule has 1 heterocycles. The lowest BCUT2D eigenvalue weighted by atomic mass is 10.1. The monoisotopic (exact) mass is 266 g/mol. The van der Waals surface area contributed by atoms with Crippen LogP contribution in [0, 0.1) is 5.92 Å². The van der Waals surface area contributed by atoms with E-state index in [1.807, 2.05) is 11.3 Å². The second-order valence-electron chi connectivity index (χ2n) is 5.93. The van der Waals surface area contributed by atoms with Gasteiger partial charge in [-0.25, -0.2) is 4.98 Å². The Hall–Kier alpha value is -0.410. The standard InChI is InChI=1S/C15H26N2S/c1-5-13-14(9-16-10(2)3)18-15(17-13)12-7-6-11(4)8-12/h10-12,16H,5-9H2,1-4H3. The van der Waals surface area contributed by atoms with Crippen molar-refractivity contribution in [3.8, 4) is 0 Å². The summed E-state index contributed by atoms with van der Waals surface area (Å²) < 4.78 is 0. The van der Waals surface area contributed by atoms with Crippen molar-refractivity contribution in [2.45, 2.75) is 71.9 Å². The fraction of sp³-hybridized carbons (Fsp3) is 0.800. The summed E-state index contributed by atoms with van der Waals surface area (Å²) in [6.07, 6.45) is 5.13. The molecule has 1 fully saturated rings. The van der Waals surface area contributed by atoms with Crippen molar-refractivity contribution >= 4 is 11.3 Å². The smallest absolute Gasteiger partial charge is 0.0962 e. The molecule has 1 aliphatic carbocycles. The van der Waals surface area contributed by atoms with Crippen molar-refractivity contribution in [3.05, 3.63) is 15.6 Å². The van der Waals surface area contributed by atoms with Gasteiger partial charge in [-0.2, -0.15) is 0 Å². The zero-order valence-corrected chi connectivity index (χ0v) is 12.9. The fourth-order valence-corrected chi connectivity index (χ4v) is 3.97. The molecule has 0 saturated heterocycles. The quantitative estimate of drug-likeness (QED) is 0.867. The molecule has 0 bridgehead atoms. The van der Waals surface area contributed by atoms with Gasteiger partial charge < -0.3 is 5.32 Å². The molecule has 1 aliphatic rings. The van der Waals surface area contributed by atoms with E-state index < -0.39 is 0 Å². The van der Waals surface area contributed by atoms with Gasteiger partial charge in [0.1, 0.15) is 0 Å². The fourth-order valence-electron chi connectivity index (χ4n) is 2.72. The van der Waals surface area contributed by atoms with Crippen LogP contribution >= 0.6 is 11.3 Å². The Morgan fingerprint density at radius 2 is 2.17 bits per heavy atom. The normalized spacial score (nSPS) is 24.1. The predicted molar refractivity (Wildman–Crippen MR) is 79.2 cm³/mol. The van der Waals surface area contributed by atoms with E-state index in [0.29, 0.717) is 6.04 Å². The van der Waals surface area contributed by atoms with Gasteiger partial charge in [-0.15, -0.1) is 11.3 Å². The highest BCUT2D eigenvalue weighted by atomic mass is 32.1. The molecular formula is C15H26N2S. The molecule has 0 radical (unpaired) electrons. The van der Waals surface area contributed by atoms with Crippen LogP contribution in [0.1, 0.15) is 68.5 Å². The topological polar surface area (TPSA) is 24.9 Å². The second-order valence-corrected chi connectivity index (χ2v) is 7.04. The first-order valence-electron chi connectivity index (χ1n) is 7.32. The van der Waals surface area contributed by atoms with E-state index in [1.165, 1.54) is 34.8 Å². The summed E-state index contributed by atoms with van der Waals surface area (Å²) in [5.74, 6) is 1.63. The molecule has 2 unspecified atom stereocenters. The Morgan fingerprint density at radius 3 is 2.72 bits per heavy atom. The van der Waals surface area contributed by atoms with Gasteiger partial charge in [0.05, 0.1) is 10.7 Å². The van der Waals surface area contributed by atoms with Crippen molar-refractivity contribution in [1.82, 2.24) is 10.3 Å². The van der Waals surface area contributed by atoms with Gasteiger partial charge in [-0.3, -0.25) is 0 Å². The number of hydrogen-bond donors (Lipinski definition) is 1. The van der Waals surface area contributed by atoms with E-state index >= 15 is 0 Å². The largest absolute Gasteiger partial charge is 0.310 e. The van der Waals surface area contributed by atoms with Gasteiger partial charge in [0.25, 0.3) is 0 Å². The Bertz CT molecular complexity index is 384. The van der Waals surface area contributed by atoms with E-state index in [0.717, 1.165) is 24.8 Å². The molecule has 3 heteroatoms. The minimum Gasteiger partial charge on any atom is -0.310 e. The van der Waals surface area contributed by atoms with Gasteiger partial charge >= 0.3 is 0 Å². The molecule has 18 heavy (non-hydrogen) atoms. The maximum absolute atomic E-state index is 4.90. The van der Waals surface area contributed by atoms with E-state index in [9.17, 15) is 0 Å². The zero-order chi connectivity index (χ0) is 13.1. The zero-order valence-electron chi connectivity index (χ0n) is 12.1. The van der Waals surface area contributed by atoms with Crippen LogP contribution in [0.4, 0.5) is 0 Å². The Morgan fingerprint density at radius 1 is 1.39 bits per heavy atom. The minimum atomic E-state index is 0.548. The predicted octanol–water partition coefficient (Wildman–Crippen LogP) is 4.11. The maximum Gasteiger partial charge on any atom is 0.0962 e. The van der Waals surface area contributed by atoms with Crippen molar-refractivity contribution in [2.75, 3.05) is 0 Å². The average Bonchev–Trinajstić information content (AvgIpc) is 2.92. The highest BCUT2D eigenvalue weighted by Crippen LogP contribution is 2.40. The highest BCUT2D eigenvalue weighted by molar-refractivity contribution is 7.11. The van der Waals surface area contributed by atoms with Gasteiger partial charge in [0.15, 0.2) is 0 Å². The molecule has 0 spiro atoms. The van der Waals surface area contributed by atoms with Gasteiger partial charge in [0.2, 0.25) is 0 Å². The first kappa shape index (κ1) is 14.0. The summed E-state index contributed by atoms with van der Waals surface area (Å²) in [6.45, 7) is 9.98. The molecule has 0 aliphatic heterocycles. The lowest BCUT2D eigenvalue weighted by Crippen LogP contribution is -2.21. The molecule has 102 valence electrons. The van der Waals surface area contributed by atoms with Crippen LogP contribution in [0.15, 0.2) is 0 Å². The van der Waals surface area contributed by atoms with Gasteiger partial charge in [-0.05, 0) is 25.2 Å². The third-order valence-electron chi connectivity index (χ3n) is 3.84. The van der Waals surface area contributed by atoms with E-state index in [1.54, 1.807) is 0 Å². The number of rotatable bonds is 5. The molecule has 0 amide bonds. The van der Waals surface area contributed by atoms with Crippen LogP contribution in [0.5, 0.6) is 0 Å².